The van der Waals surface area contributed by atoms with Crippen LogP contribution in [-0.4, -0.2) is 24.9 Å². The zero-order valence-electron chi connectivity index (χ0n) is 12.8. The molecule has 0 radical (unpaired) electrons. The largest absolute Gasteiger partial charge is 0.396 e. The maximum absolute atomic E-state index is 9.82. The molecule has 1 saturated heterocycles. The highest BCUT2D eigenvalue weighted by atomic mass is 16.5. The fourth-order valence-electron chi connectivity index (χ4n) is 3.41. The summed E-state index contributed by atoms with van der Waals surface area (Å²) in [5.41, 5.74) is 5.44. The predicted molar refractivity (Wildman–Crippen MR) is 78.6 cm³/mol. The third-order valence-corrected chi connectivity index (χ3v) is 5.02. The Kier molecular flexibility index (Phi) is 4.03. The van der Waals surface area contributed by atoms with E-state index in [9.17, 15) is 5.11 Å². The second-order valence-corrected chi connectivity index (χ2v) is 6.36. The highest BCUT2D eigenvalue weighted by Crippen LogP contribution is 2.44. The summed E-state index contributed by atoms with van der Waals surface area (Å²) in [5.74, 6) is 0.719. The molecule has 1 atom stereocenters. The van der Waals surface area contributed by atoms with E-state index in [0.717, 1.165) is 13.2 Å². The molecule has 1 aliphatic heterocycles. The van der Waals surface area contributed by atoms with Crippen molar-refractivity contribution in [1.82, 2.24) is 0 Å². The first-order valence-corrected chi connectivity index (χ1v) is 7.20. The summed E-state index contributed by atoms with van der Waals surface area (Å²) in [6.45, 7) is 12.6. The van der Waals surface area contributed by atoms with Crippen molar-refractivity contribution in [3.05, 3.63) is 34.4 Å². The number of ether oxygens (including phenoxy) is 1. The van der Waals surface area contributed by atoms with Gasteiger partial charge in [0.2, 0.25) is 0 Å². The monoisotopic (exact) mass is 262 g/mol. The molecule has 2 nitrogen and oxygen atoms in total. The van der Waals surface area contributed by atoms with Gasteiger partial charge < -0.3 is 9.84 Å². The summed E-state index contributed by atoms with van der Waals surface area (Å²) < 4.78 is 5.54. The average molecular weight is 262 g/mol. The zero-order valence-corrected chi connectivity index (χ0v) is 12.8. The fraction of sp³-hybridized carbons (Fsp3) is 0.647. The molecule has 1 N–H and O–H groups in total. The Hall–Kier alpha value is -0.860. The molecular weight excluding hydrogens is 236 g/mol. The van der Waals surface area contributed by atoms with Crippen LogP contribution in [0, 0.1) is 32.6 Å². The smallest absolute Gasteiger partial charge is 0.0589 e. The van der Waals surface area contributed by atoms with E-state index in [1.165, 1.54) is 22.3 Å². The van der Waals surface area contributed by atoms with E-state index >= 15 is 0 Å². The molecule has 0 aliphatic carbocycles. The lowest BCUT2D eigenvalue weighted by Crippen LogP contribution is -2.55. The molecule has 0 saturated carbocycles. The molecule has 0 bridgehead atoms. The third-order valence-electron chi connectivity index (χ3n) is 5.02. The van der Waals surface area contributed by atoms with Crippen LogP contribution in [0.5, 0.6) is 0 Å². The van der Waals surface area contributed by atoms with Crippen LogP contribution in [0.2, 0.25) is 0 Å². The van der Waals surface area contributed by atoms with E-state index in [4.69, 9.17) is 4.74 Å². The van der Waals surface area contributed by atoms with E-state index in [1.807, 2.05) is 0 Å². The quantitative estimate of drug-likeness (QED) is 0.903. The molecule has 1 unspecified atom stereocenters. The van der Waals surface area contributed by atoms with E-state index in [2.05, 4.69) is 46.8 Å². The highest BCUT2D eigenvalue weighted by molar-refractivity contribution is 5.44. The fourth-order valence-corrected chi connectivity index (χ4v) is 3.41. The Morgan fingerprint density at radius 2 is 1.79 bits per heavy atom. The van der Waals surface area contributed by atoms with Gasteiger partial charge in [0.15, 0.2) is 0 Å². The second kappa shape index (κ2) is 5.26. The van der Waals surface area contributed by atoms with Crippen molar-refractivity contribution < 1.29 is 9.84 Å². The molecule has 1 fully saturated rings. The summed E-state index contributed by atoms with van der Waals surface area (Å²) in [4.78, 5) is 0. The van der Waals surface area contributed by atoms with Crippen LogP contribution in [0.3, 0.4) is 0 Å². The SMILES string of the molecule is Cc1ccc(C2(C(CO)C(C)C)COC2)c(C)c1C. The van der Waals surface area contributed by atoms with Crippen molar-refractivity contribution in [3.63, 3.8) is 0 Å². The molecule has 1 heterocycles. The lowest BCUT2D eigenvalue weighted by molar-refractivity contribution is -0.111. The van der Waals surface area contributed by atoms with Gasteiger partial charge in [-0.05, 0) is 54.9 Å². The molecule has 19 heavy (non-hydrogen) atoms. The van der Waals surface area contributed by atoms with Crippen molar-refractivity contribution in [2.24, 2.45) is 11.8 Å². The topological polar surface area (TPSA) is 29.5 Å². The van der Waals surface area contributed by atoms with Crippen LogP contribution in [-0.2, 0) is 10.2 Å². The number of aryl methyl sites for hydroxylation is 1. The van der Waals surface area contributed by atoms with Crippen LogP contribution in [0.4, 0.5) is 0 Å². The molecule has 0 aromatic heterocycles. The molecule has 106 valence electrons. The minimum Gasteiger partial charge on any atom is -0.396 e. The van der Waals surface area contributed by atoms with Gasteiger partial charge in [-0.2, -0.15) is 0 Å². The first-order valence-electron chi connectivity index (χ1n) is 7.20. The molecule has 1 aromatic rings. The standard InChI is InChI=1S/C17H26O2/c1-11(2)16(8-18)17(9-19-10-17)15-7-6-12(3)13(4)14(15)5/h6-7,11,16,18H,8-10H2,1-5H3. The molecule has 0 spiro atoms. The van der Waals surface area contributed by atoms with Crippen LogP contribution in [0.25, 0.3) is 0 Å². The van der Waals surface area contributed by atoms with Crippen LogP contribution < -0.4 is 0 Å². The normalized spacial score (nSPS) is 19.3. The van der Waals surface area contributed by atoms with E-state index in [0.29, 0.717) is 5.92 Å². The zero-order chi connectivity index (χ0) is 14.2. The first kappa shape index (κ1) is 14.5. The maximum atomic E-state index is 9.82. The minimum atomic E-state index is 0.00542. The lowest BCUT2D eigenvalue weighted by Gasteiger charge is -2.49. The second-order valence-electron chi connectivity index (χ2n) is 6.36. The van der Waals surface area contributed by atoms with Crippen LogP contribution in [0.1, 0.15) is 36.1 Å². The molecule has 1 aromatic carbocycles. The van der Waals surface area contributed by atoms with E-state index in [1.54, 1.807) is 0 Å². The van der Waals surface area contributed by atoms with Gasteiger partial charge in [-0.3, -0.25) is 0 Å². The van der Waals surface area contributed by atoms with Gasteiger partial charge in [-0.1, -0.05) is 26.0 Å². The maximum Gasteiger partial charge on any atom is 0.0589 e. The van der Waals surface area contributed by atoms with Gasteiger partial charge in [-0.25, -0.2) is 0 Å². The molecule has 2 rings (SSSR count). The molecule has 1 aliphatic rings. The molecule has 2 heteroatoms. The van der Waals surface area contributed by atoms with Crippen molar-refractivity contribution in [1.29, 1.82) is 0 Å². The van der Waals surface area contributed by atoms with Crippen molar-refractivity contribution >= 4 is 0 Å². The van der Waals surface area contributed by atoms with E-state index < -0.39 is 0 Å². The van der Waals surface area contributed by atoms with Crippen LogP contribution >= 0.6 is 0 Å². The Balaban J connectivity index is 2.50. The van der Waals surface area contributed by atoms with E-state index in [-0.39, 0.29) is 17.9 Å². The van der Waals surface area contributed by atoms with Gasteiger partial charge >= 0.3 is 0 Å². The number of aliphatic hydroxyl groups excluding tert-OH is 1. The minimum absolute atomic E-state index is 0.00542. The van der Waals surface area contributed by atoms with Crippen molar-refractivity contribution in [2.75, 3.05) is 19.8 Å². The van der Waals surface area contributed by atoms with Gasteiger partial charge in [0, 0.05) is 12.0 Å². The summed E-state index contributed by atoms with van der Waals surface area (Å²) >= 11 is 0. The van der Waals surface area contributed by atoms with Crippen molar-refractivity contribution in [2.45, 2.75) is 40.0 Å². The number of hydrogen-bond donors (Lipinski definition) is 1. The summed E-state index contributed by atoms with van der Waals surface area (Å²) in [7, 11) is 0. The van der Waals surface area contributed by atoms with Gasteiger partial charge in [0.05, 0.1) is 13.2 Å². The Bertz CT molecular complexity index is 459. The molecular formula is C17H26O2. The lowest BCUT2D eigenvalue weighted by atomic mass is 9.63. The predicted octanol–water partition coefficient (Wildman–Crippen LogP) is 3.14. The summed E-state index contributed by atoms with van der Waals surface area (Å²) in [6, 6.07) is 4.44. The summed E-state index contributed by atoms with van der Waals surface area (Å²) in [5, 5.41) is 9.82. The number of benzene rings is 1. The van der Waals surface area contributed by atoms with Crippen molar-refractivity contribution in [3.8, 4) is 0 Å². The summed E-state index contributed by atoms with van der Waals surface area (Å²) in [6.07, 6.45) is 0. The Labute approximate surface area is 116 Å². The Morgan fingerprint density at radius 1 is 1.16 bits per heavy atom. The number of aliphatic hydroxyl groups is 1. The van der Waals surface area contributed by atoms with Gasteiger partial charge in [0.1, 0.15) is 0 Å². The van der Waals surface area contributed by atoms with Gasteiger partial charge in [0.25, 0.3) is 0 Å². The third kappa shape index (κ3) is 2.21. The molecule has 0 amide bonds. The van der Waals surface area contributed by atoms with Crippen LogP contribution in [0.15, 0.2) is 12.1 Å². The first-order chi connectivity index (χ1) is 8.94. The number of hydrogen-bond acceptors (Lipinski definition) is 2. The van der Waals surface area contributed by atoms with Gasteiger partial charge in [-0.15, -0.1) is 0 Å². The number of rotatable bonds is 4. The average Bonchev–Trinajstić information content (AvgIpc) is 2.31. The Morgan fingerprint density at radius 3 is 2.21 bits per heavy atom. The highest BCUT2D eigenvalue weighted by Gasteiger charge is 2.48.